The molecule has 0 unspecified atom stereocenters. The Bertz CT molecular complexity index is 532. The van der Waals surface area contributed by atoms with Gasteiger partial charge in [0.05, 0.1) is 5.69 Å². The van der Waals surface area contributed by atoms with Crippen LogP contribution in [0.4, 0.5) is 0 Å². The second kappa shape index (κ2) is 4.78. The fraction of sp³-hybridized carbons (Fsp3) is 0.143. The molecule has 1 heterocycles. The van der Waals surface area contributed by atoms with E-state index < -0.39 is 0 Å². The van der Waals surface area contributed by atoms with Crippen LogP contribution in [-0.2, 0) is 4.79 Å². The van der Waals surface area contributed by atoms with Gasteiger partial charge in [-0.05, 0) is 13.0 Å². The van der Waals surface area contributed by atoms with Gasteiger partial charge in [0, 0.05) is 18.6 Å². The van der Waals surface area contributed by atoms with E-state index in [1.54, 1.807) is 6.07 Å². The van der Waals surface area contributed by atoms with Crippen molar-refractivity contribution in [2.45, 2.75) is 13.8 Å². The molecule has 0 aliphatic carbocycles. The Morgan fingerprint density at radius 3 is 2.47 bits per heavy atom. The number of esters is 1. The van der Waals surface area contributed by atoms with Crippen molar-refractivity contribution >= 4 is 5.97 Å². The minimum Gasteiger partial charge on any atom is -0.408 e. The molecule has 0 aliphatic rings. The van der Waals surface area contributed by atoms with E-state index in [-0.39, 0.29) is 5.97 Å². The van der Waals surface area contributed by atoms with E-state index in [1.807, 2.05) is 43.3 Å². The number of hydrogen-bond acceptors (Lipinski definition) is 3. The van der Waals surface area contributed by atoms with Crippen LogP contribution < -0.4 is 4.74 Å². The molecule has 2 aromatic rings. The van der Waals surface area contributed by atoms with Crippen molar-refractivity contribution in [2.75, 3.05) is 0 Å². The topological polar surface area (TPSA) is 39.2 Å². The Balaban J connectivity index is 2.32. The quantitative estimate of drug-likeness (QED) is 0.740. The van der Waals surface area contributed by atoms with Crippen molar-refractivity contribution in [3.8, 4) is 17.1 Å². The van der Waals surface area contributed by atoms with Crippen molar-refractivity contribution in [3.05, 3.63) is 48.0 Å². The largest absolute Gasteiger partial charge is 0.408 e. The zero-order chi connectivity index (χ0) is 12.3. The van der Waals surface area contributed by atoms with Gasteiger partial charge in [-0.25, -0.2) is 4.98 Å². The standard InChI is InChI=1S/C14H13NO2/c1-10-6-8-12(9-7-10)13-4-3-5-14(15-13)17-11(2)16/h3-9H,1-2H3. The summed E-state index contributed by atoms with van der Waals surface area (Å²) in [6.45, 7) is 3.40. The first kappa shape index (κ1) is 11.3. The number of aromatic nitrogens is 1. The molecule has 86 valence electrons. The molecule has 0 radical (unpaired) electrons. The van der Waals surface area contributed by atoms with E-state index in [4.69, 9.17) is 4.74 Å². The molecule has 0 bridgehead atoms. The number of carbonyl (C=O) groups excluding carboxylic acids is 1. The number of carbonyl (C=O) groups is 1. The molecule has 0 saturated carbocycles. The van der Waals surface area contributed by atoms with Gasteiger partial charge in [-0.3, -0.25) is 4.79 Å². The summed E-state index contributed by atoms with van der Waals surface area (Å²) in [5.41, 5.74) is 3.00. The van der Waals surface area contributed by atoms with Crippen LogP contribution >= 0.6 is 0 Å². The van der Waals surface area contributed by atoms with E-state index in [9.17, 15) is 4.79 Å². The van der Waals surface area contributed by atoms with Crippen LogP contribution in [-0.4, -0.2) is 11.0 Å². The SMILES string of the molecule is CC(=O)Oc1cccc(-c2ccc(C)cc2)n1. The molecule has 0 atom stereocenters. The van der Waals surface area contributed by atoms with Crippen LogP contribution in [0, 0.1) is 6.92 Å². The van der Waals surface area contributed by atoms with Gasteiger partial charge in [0.1, 0.15) is 0 Å². The van der Waals surface area contributed by atoms with E-state index in [0.717, 1.165) is 11.3 Å². The van der Waals surface area contributed by atoms with Gasteiger partial charge in [-0.15, -0.1) is 0 Å². The lowest BCUT2D eigenvalue weighted by Crippen LogP contribution is -2.03. The molecule has 17 heavy (non-hydrogen) atoms. The fourth-order valence-electron chi connectivity index (χ4n) is 1.50. The Hall–Kier alpha value is -2.16. The highest BCUT2D eigenvalue weighted by Gasteiger charge is 2.03. The highest BCUT2D eigenvalue weighted by Crippen LogP contribution is 2.20. The molecule has 3 nitrogen and oxygen atoms in total. The Kier molecular flexibility index (Phi) is 3.19. The monoisotopic (exact) mass is 227 g/mol. The number of benzene rings is 1. The predicted octanol–water partition coefficient (Wildman–Crippen LogP) is 2.98. The number of ether oxygens (including phenoxy) is 1. The second-order valence-corrected chi connectivity index (χ2v) is 3.82. The van der Waals surface area contributed by atoms with Gasteiger partial charge in [0.25, 0.3) is 0 Å². The highest BCUT2D eigenvalue weighted by atomic mass is 16.5. The lowest BCUT2D eigenvalue weighted by molar-refractivity contribution is -0.132. The summed E-state index contributed by atoms with van der Waals surface area (Å²) in [6.07, 6.45) is 0. The van der Waals surface area contributed by atoms with E-state index >= 15 is 0 Å². The van der Waals surface area contributed by atoms with Gasteiger partial charge >= 0.3 is 5.97 Å². The molecule has 0 amide bonds. The van der Waals surface area contributed by atoms with Gasteiger partial charge in [-0.1, -0.05) is 35.9 Å². The Morgan fingerprint density at radius 2 is 1.82 bits per heavy atom. The molecule has 0 fully saturated rings. The third-order valence-electron chi connectivity index (χ3n) is 2.32. The maximum atomic E-state index is 10.8. The summed E-state index contributed by atoms with van der Waals surface area (Å²) in [5, 5.41) is 0. The average molecular weight is 227 g/mol. The first-order valence-corrected chi connectivity index (χ1v) is 5.37. The summed E-state index contributed by atoms with van der Waals surface area (Å²) in [4.78, 5) is 15.1. The number of nitrogens with zero attached hydrogens (tertiary/aromatic N) is 1. The van der Waals surface area contributed by atoms with Crippen LogP contribution in [0.15, 0.2) is 42.5 Å². The van der Waals surface area contributed by atoms with Crippen molar-refractivity contribution in [3.63, 3.8) is 0 Å². The number of aryl methyl sites for hydroxylation is 1. The first-order valence-electron chi connectivity index (χ1n) is 5.37. The maximum absolute atomic E-state index is 10.8. The minimum atomic E-state index is -0.362. The molecule has 0 N–H and O–H groups in total. The summed E-state index contributed by atoms with van der Waals surface area (Å²) >= 11 is 0. The normalized spacial score (nSPS) is 10.0. The number of hydrogen-bond donors (Lipinski definition) is 0. The Morgan fingerprint density at radius 1 is 1.12 bits per heavy atom. The van der Waals surface area contributed by atoms with Crippen molar-refractivity contribution in [1.29, 1.82) is 0 Å². The molecule has 0 aliphatic heterocycles. The van der Waals surface area contributed by atoms with Crippen LogP contribution in [0.2, 0.25) is 0 Å². The van der Waals surface area contributed by atoms with Crippen LogP contribution in [0.1, 0.15) is 12.5 Å². The van der Waals surface area contributed by atoms with Gasteiger partial charge in [-0.2, -0.15) is 0 Å². The van der Waals surface area contributed by atoms with Gasteiger partial charge < -0.3 is 4.74 Å². The minimum absolute atomic E-state index is 0.329. The molecule has 3 heteroatoms. The molecular weight excluding hydrogens is 214 g/mol. The summed E-state index contributed by atoms with van der Waals surface area (Å²) in [7, 11) is 0. The average Bonchev–Trinajstić information content (AvgIpc) is 2.29. The van der Waals surface area contributed by atoms with Gasteiger partial charge in [0.15, 0.2) is 0 Å². The zero-order valence-electron chi connectivity index (χ0n) is 9.81. The lowest BCUT2D eigenvalue weighted by atomic mass is 10.1. The first-order chi connectivity index (χ1) is 8.15. The highest BCUT2D eigenvalue weighted by molar-refractivity contribution is 5.69. The molecule has 0 saturated heterocycles. The van der Waals surface area contributed by atoms with E-state index in [0.29, 0.717) is 5.88 Å². The molecule has 0 spiro atoms. The van der Waals surface area contributed by atoms with Gasteiger partial charge in [0.2, 0.25) is 5.88 Å². The second-order valence-electron chi connectivity index (χ2n) is 3.82. The summed E-state index contributed by atoms with van der Waals surface area (Å²) < 4.78 is 4.95. The fourth-order valence-corrected chi connectivity index (χ4v) is 1.50. The molecular formula is C14H13NO2. The van der Waals surface area contributed by atoms with E-state index in [1.165, 1.54) is 12.5 Å². The summed E-state index contributed by atoms with van der Waals surface area (Å²) in [6, 6.07) is 13.4. The predicted molar refractivity (Wildman–Crippen MR) is 65.7 cm³/mol. The Labute approximate surface area is 100 Å². The van der Waals surface area contributed by atoms with Crippen LogP contribution in [0.25, 0.3) is 11.3 Å². The zero-order valence-corrected chi connectivity index (χ0v) is 9.81. The molecule has 1 aromatic heterocycles. The van der Waals surface area contributed by atoms with Crippen molar-refractivity contribution < 1.29 is 9.53 Å². The van der Waals surface area contributed by atoms with Crippen LogP contribution in [0.3, 0.4) is 0 Å². The summed E-state index contributed by atoms with van der Waals surface area (Å²) in [5.74, 6) is -0.0332. The smallest absolute Gasteiger partial charge is 0.309 e. The lowest BCUT2D eigenvalue weighted by Gasteiger charge is -2.04. The molecule has 1 aromatic carbocycles. The van der Waals surface area contributed by atoms with E-state index in [2.05, 4.69) is 4.98 Å². The third-order valence-corrected chi connectivity index (χ3v) is 2.32. The van der Waals surface area contributed by atoms with Crippen molar-refractivity contribution in [2.24, 2.45) is 0 Å². The number of rotatable bonds is 2. The third kappa shape index (κ3) is 2.91. The van der Waals surface area contributed by atoms with Crippen LogP contribution in [0.5, 0.6) is 5.88 Å². The number of pyridine rings is 1. The maximum Gasteiger partial charge on any atom is 0.309 e. The molecule has 2 rings (SSSR count). The van der Waals surface area contributed by atoms with Crippen molar-refractivity contribution in [1.82, 2.24) is 4.98 Å².